The molecule has 0 fully saturated rings. The van der Waals surface area contributed by atoms with Gasteiger partial charge in [-0.15, -0.1) is 0 Å². The van der Waals surface area contributed by atoms with Crippen LogP contribution in [0.2, 0.25) is 0 Å². The summed E-state index contributed by atoms with van der Waals surface area (Å²) in [5, 5.41) is 2.74. The molecule has 3 N–H and O–H groups in total. The Bertz CT molecular complexity index is 447. The van der Waals surface area contributed by atoms with Gasteiger partial charge < -0.3 is 20.5 Å². The molecule has 1 amide bonds. The molecule has 0 aliphatic carbocycles. The average molecular weight is 280 g/mol. The van der Waals surface area contributed by atoms with Crippen LogP contribution in [-0.2, 0) is 9.53 Å². The maximum atomic E-state index is 11.8. The number of nitrogens with two attached hydrogens (primary N) is 1. The van der Waals surface area contributed by atoms with Crippen molar-refractivity contribution in [1.29, 1.82) is 0 Å². The summed E-state index contributed by atoms with van der Waals surface area (Å²) in [7, 11) is 1.59. The number of nitrogens with one attached hydrogen (secondary N) is 1. The van der Waals surface area contributed by atoms with E-state index in [0.29, 0.717) is 18.9 Å². The van der Waals surface area contributed by atoms with Gasteiger partial charge in [-0.2, -0.15) is 0 Å². The zero-order valence-electron chi connectivity index (χ0n) is 12.6. The smallest absolute Gasteiger partial charge is 0.260 e. The lowest BCUT2D eigenvalue weighted by Gasteiger charge is -2.17. The predicted molar refractivity (Wildman–Crippen MR) is 78.8 cm³/mol. The SMILES string of the molecule is COCCNC(=O)C(C)Oc1ccc([C@@H](C)N)cc1C. The lowest BCUT2D eigenvalue weighted by molar-refractivity contribution is -0.127. The number of methoxy groups -OCH3 is 1. The molecule has 0 aromatic heterocycles. The van der Waals surface area contributed by atoms with Crippen molar-refractivity contribution in [3.63, 3.8) is 0 Å². The van der Waals surface area contributed by atoms with Crippen LogP contribution in [0.25, 0.3) is 0 Å². The van der Waals surface area contributed by atoms with Gasteiger partial charge in [0.05, 0.1) is 6.61 Å². The Morgan fingerprint density at radius 2 is 2.10 bits per heavy atom. The molecule has 1 aromatic carbocycles. The minimum Gasteiger partial charge on any atom is -0.481 e. The van der Waals surface area contributed by atoms with Gasteiger partial charge in [0, 0.05) is 19.7 Å². The molecule has 20 heavy (non-hydrogen) atoms. The molecule has 0 aliphatic heterocycles. The van der Waals surface area contributed by atoms with Crippen LogP contribution in [0.3, 0.4) is 0 Å². The molecule has 0 bridgehead atoms. The van der Waals surface area contributed by atoms with E-state index < -0.39 is 6.10 Å². The summed E-state index contributed by atoms with van der Waals surface area (Å²) in [4.78, 5) is 11.8. The quantitative estimate of drug-likeness (QED) is 0.743. The Kier molecular flexibility index (Phi) is 6.48. The lowest BCUT2D eigenvalue weighted by atomic mass is 10.1. The van der Waals surface area contributed by atoms with E-state index in [1.807, 2.05) is 32.0 Å². The van der Waals surface area contributed by atoms with Crippen LogP contribution in [0.4, 0.5) is 0 Å². The van der Waals surface area contributed by atoms with Crippen LogP contribution in [-0.4, -0.2) is 32.3 Å². The van der Waals surface area contributed by atoms with Gasteiger partial charge in [0.25, 0.3) is 5.91 Å². The normalized spacial score (nSPS) is 13.7. The van der Waals surface area contributed by atoms with Crippen molar-refractivity contribution in [3.8, 4) is 5.75 Å². The first-order valence-corrected chi connectivity index (χ1v) is 6.75. The van der Waals surface area contributed by atoms with Crippen molar-refractivity contribution in [2.45, 2.75) is 32.9 Å². The van der Waals surface area contributed by atoms with Gasteiger partial charge in [-0.25, -0.2) is 0 Å². The van der Waals surface area contributed by atoms with Gasteiger partial charge in [-0.05, 0) is 38.0 Å². The van der Waals surface area contributed by atoms with Gasteiger partial charge in [0.2, 0.25) is 0 Å². The molecule has 0 aliphatic rings. The third kappa shape index (κ3) is 4.83. The Morgan fingerprint density at radius 3 is 2.65 bits per heavy atom. The highest BCUT2D eigenvalue weighted by molar-refractivity contribution is 5.80. The molecule has 0 radical (unpaired) electrons. The first-order chi connectivity index (χ1) is 9.45. The monoisotopic (exact) mass is 280 g/mol. The van der Waals surface area contributed by atoms with Gasteiger partial charge in [0.1, 0.15) is 5.75 Å². The summed E-state index contributed by atoms with van der Waals surface area (Å²) in [6.45, 7) is 6.56. The van der Waals surface area contributed by atoms with Crippen LogP contribution in [0.5, 0.6) is 5.75 Å². The number of hydrogen-bond donors (Lipinski definition) is 2. The fourth-order valence-corrected chi connectivity index (χ4v) is 1.75. The molecule has 2 atom stereocenters. The van der Waals surface area contributed by atoms with Crippen molar-refractivity contribution in [1.82, 2.24) is 5.32 Å². The van der Waals surface area contributed by atoms with Crippen molar-refractivity contribution in [2.24, 2.45) is 5.73 Å². The Hall–Kier alpha value is -1.59. The van der Waals surface area contributed by atoms with E-state index in [0.717, 1.165) is 11.1 Å². The molecule has 5 heteroatoms. The molecular weight excluding hydrogens is 256 g/mol. The summed E-state index contributed by atoms with van der Waals surface area (Å²) < 4.78 is 10.6. The molecule has 1 aromatic rings. The topological polar surface area (TPSA) is 73.6 Å². The third-order valence-electron chi connectivity index (χ3n) is 3.00. The summed E-state index contributed by atoms with van der Waals surface area (Å²) in [5.41, 5.74) is 7.85. The summed E-state index contributed by atoms with van der Waals surface area (Å²) in [6, 6.07) is 5.74. The zero-order valence-corrected chi connectivity index (χ0v) is 12.6. The molecule has 0 spiro atoms. The molecule has 0 saturated carbocycles. The van der Waals surface area contributed by atoms with Crippen LogP contribution in [0, 0.1) is 6.92 Å². The fraction of sp³-hybridized carbons (Fsp3) is 0.533. The van der Waals surface area contributed by atoms with Crippen LogP contribution < -0.4 is 15.8 Å². The van der Waals surface area contributed by atoms with E-state index >= 15 is 0 Å². The molecule has 1 rings (SSSR count). The highest BCUT2D eigenvalue weighted by atomic mass is 16.5. The second kappa shape index (κ2) is 7.87. The Labute approximate surface area is 120 Å². The van der Waals surface area contributed by atoms with E-state index in [4.69, 9.17) is 15.2 Å². The van der Waals surface area contributed by atoms with E-state index in [1.54, 1.807) is 14.0 Å². The number of benzene rings is 1. The van der Waals surface area contributed by atoms with E-state index in [1.165, 1.54) is 0 Å². The van der Waals surface area contributed by atoms with Crippen LogP contribution in [0.1, 0.15) is 31.0 Å². The largest absolute Gasteiger partial charge is 0.481 e. The van der Waals surface area contributed by atoms with Crippen molar-refractivity contribution in [3.05, 3.63) is 29.3 Å². The second-order valence-corrected chi connectivity index (χ2v) is 4.86. The zero-order chi connectivity index (χ0) is 15.1. The van der Waals surface area contributed by atoms with E-state index in [9.17, 15) is 4.79 Å². The first kappa shape index (κ1) is 16.5. The van der Waals surface area contributed by atoms with Gasteiger partial charge in [-0.1, -0.05) is 12.1 Å². The number of aryl methyl sites for hydroxylation is 1. The number of carbonyl (C=O) groups is 1. The number of ether oxygens (including phenoxy) is 2. The Balaban J connectivity index is 2.61. The molecule has 1 unspecified atom stereocenters. The molecule has 112 valence electrons. The van der Waals surface area contributed by atoms with Crippen molar-refractivity contribution >= 4 is 5.91 Å². The van der Waals surface area contributed by atoms with E-state index in [-0.39, 0.29) is 11.9 Å². The Morgan fingerprint density at radius 1 is 1.40 bits per heavy atom. The summed E-state index contributed by atoms with van der Waals surface area (Å²) in [5.74, 6) is 0.543. The standard InChI is InChI=1S/C15H24N2O3/c1-10-9-13(11(2)16)5-6-14(10)20-12(3)15(18)17-7-8-19-4/h5-6,9,11-12H,7-8,16H2,1-4H3,(H,17,18)/t11-,12?/m1/s1. The van der Waals surface area contributed by atoms with Gasteiger partial charge in [-0.3, -0.25) is 4.79 Å². The van der Waals surface area contributed by atoms with Crippen molar-refractivity contribution < 1.29 is 14.3 Å². The third-order valence-corrected chi connectivity index (χ3v) is 3.00. The van der Waals surface area contributed by atoms with Gasteiger partial charge >= 0.3 is 0 Å². The minimum absolute atomic E-state index is 0.0162. The lowest BCUT2D eigenvalue weighted by Crippen LogP contribution is -2.38. The predicted octanol–water partition coefficient (Wildman–Crippen LogP) is 1.54. The maximum Gasteiger partial charge on any atom is 0.260 e. The molecule has 5 nitrogen and oxygen atoms in total. The second-order valence-electron chi connectivity index (χ2n) is 4.86. The molecule has 0 heterocycles. The number of hydrogen-bond acceptors (Lipinski definition) is 4. The fourth-order valence-electron chi connectivity index (χ4n) is 1.75. The number of amides is 1. The average Bonchev–Trinajstić information content (AvgIpc) is 2.40. The highest BCUT2D eigenvalue weighted by Gasteiger charge is 2.15. The van der Waals surface area contributed by atoms with E-state index in [2.05, 4.69) is 5.32 Å². The highest BCUT2D eigenvalue weighted by Crippen LogP contribution is 2.22. The number of carbonyl (C=O) groups excluding carboxylic acids is 1. The van der Waals surface area contributed by atoms with Crippen LogP contribution >= 0.6 is 0 Å². The van der Waals surface area contributed by atoms with Gasteiger partial charge in [0.15, 0.2) is 6.10 Å². The first-order valence-electron chi connectivity index (χ1n) is 6.75. The summed E-state index contributed by atoms with van der Waals surface area (Å²) in [6.07, 6.45) is -0.549. The van der Waals surface area contributed by atoms with Crippen molar-refractivity contribution in [2.75, 3.05) is 20.3 Å². The maximum absolute atomic E-state index is 11.8. The number of rotatable bonds is 7. The molecular formula is C15H24N2O3. The summed E-state index contributed by atoms with van der Waals surface area (Å²) >= 11 is 0. The van der Waals surface area contributed by atoms with Crippen LogP contribution in [0.15, 0.2) is 18.2 Å². The molecule has 0 saturated heterocycles. The minimum atomic E-state index is -0.549.